The maximum absolute atomic E-state index is 12.9. The molecule has 1 aliphatic carbocycles. The molecule has 2 aromatic carbocycles. The number of hydrogen-bond donors (Lipinski definition) is 1. The Morgan fingerprint density at radius 1 is 0.857 bits per heavy atom. The van der Waals surface area contributed by atoms with E-state index in [0.29, 0.717) is 26.2 Å². The molecule has 0 saturated carbocycles. The van der Waals surface area contributed by atoms with E-state index in [1.807, 2.05) is 42.2 Å². The predicted molar refractivity (Wildman–Crippen MR) is 111 cm³/mol. The summed E-state index contributed by atoms with van der Waals surface area (Å²) in [5, 5.41) is 2.95. The van der Waals surface area contributed by atoms with Crippen molar-refractivity contribution in [1.29, 1.82) is 0 Å². The van der Waals surface area contributed by atoms with Crippen LogP contribution in [-0.2, 0) is 12.8 Å². The number of carbonyl (C=O) groups excluding carboxylic acids is 2. The number of aryl methyl sites for hydroxylation is 3. The quantitative estimate of drug-likeness (QED) is 0.864. The Morgan fingerprint density at radius 3 is 2.32 bits per heavy atom. The van der Waals surface area contributed by atoms with E-state index in [9.17, 15) is 9.59 Å². The van der Waals surface area contributed by atoms with Crippen molar-refractivity contribution in [3.8, 4) is 0 Å². The summed E-state index contributed by atoms with van der Waals surface area (Å²) in [4.78, 5) is 29.0. The van der Waals surface area contributed by atoms with Crippen LogP contribution in [0.25, 0.3) is 0 Å². The maximum Gasteiger partial charge on any atom is 0.321 e. The lowest BCUT2D eigenvalue weighted by Crippen LogP contribution is -2.51. The Morgan fingerprint density at radius 2 is 1.57 bits per heavy atom. The number of rotatable bonds is 2. The molecular formula is C23H27N3O2. The summed E-state index contributed by atoms with van der Waals surface area (Å²) in [6.07, 6.45) is 4.65. The highest BCUT2D eigenvalue weighted by Gasteiger charge is 2.25. The van der Waals surface area contributed by atoms with Crippen LogP contribution < -0.4 is 5.32 Å². The molecule has 5 nitrogen and oxygen atoms in total. The molecule has 4 rings (SSSR count). The second-order valence-corrected chi connectivity index (χ2v) is 7.77. The van der Waals surface area contributed by atoms with Crippen molar-refractivity contribution in [3.63, 3.8) is 0 Å². The van der Waals surface area contributed by atoms with Gasteiger partial charge in [0.25, 0.3) is 5.91 Å². The first-order chi connectivity index (χ1) is 13.6. The molecule has 5 heteroatoms. The van der Waals surface area contributed by atoms with Gasteiger partial charge in [0, 0.05) is 37.4 Å². The summed E-state index contributed by atoms with van der Waals surface area (Å²) in [7, 11) is 0. The molecule has 1 heterocycles. The van der Waals surface area contributed by atoms with Crippen molar-refractivity contribution in [1.82, 2.24) is 9.80 Å². The summed E-state index contributed by atoms with van der Waals surface area (Å²) in [5.41, 5.74) is 5.41. The fourth-order valence-electron chi connectivity index (χ4n) is 4.09. The standard InChI is InChI=1S/C23H27N3O2/c1-17-5-4-8-21(15-17)24-23(28)26-13-11-25(12-14-26)22(27)20-10-9-18-6-2-3-7-19(18)16-20/h4-5,8-10,15-16H,2-3,6-7,11-14H2,1H3,(H,24,28). The van der Waals surface area contributed by atoms with E-state index in [0.717, 1.165) is 29.7 Å². The van der Waals surface area contributed by atoms with Crippen LogP contribution in [-0.4, -0.2) is 47.9 Å². The Bertz CT molecular complexity index is 885. The molecule has 3 amide bonds. The lowest BCUT2D eigenvalue weighted by Gasteiger charge is -2.35. The number of fused-ring (bicyclic) bond motifs is 1. The molecule has 0 aromatic heterocycles. The summed E-state index contributed by atoms with van der Waals surface area (Å²) in [5.74, 6) is 0.0760. The number of hydrogen-bond acceptors (Lipinski definition) is 2. The van der Waals surface area contributed by atoms with Gasteiger partial charge in [-0.1, -0.05) is 18.2 Å². The van der Waals surface area contributed by atoms with Crippen LogP contribution in [0.1, 0.15) is 39.9 Å². The van der Waals surface area contributed by atoms with Gasteiger partial charge in [0.2, 0.25) is 0 Å². The zero-order valence-corrected chi connectivity index (χ0v) is 16.4. The fourth-order valence-corrected chi connectivity index (χ4v) is 4.09. The number of piperazine rings is 1. The Balaban J connectivity index is 1.34. The van der Waals surface area contributed by atoms with E-state index >= 15 is 0 Å². The Hall–Kier alpha value is -2.82. The van der Waals surface area contributed by atoms with Crippen LogP contribution in [0.2, 0.25) is 0 Å². The maximum atomic E-state index is 12.9. The molecule has 2 aliphatic rings. The number of nitrogens with one attached hydrogen (secondary N) is 1. The SMILES string of the molecule is Cc1cccc(NC(=O)N2CCN(C(=O)c3ccc4c(c3)CCCC4)CC2)c1. The minimum Gasteiger partial charge on any atom is -0.335 e. The van der Waals surface area contributed by atoms with Crippen LogP contribution in [0.15, 0.2) is 42.5 Å². The van der Waals surface area contributed by atoms with Crippen molar-refractivity contribution < 1.29 is 9.59 Å². The van der Waals surface area contributed by atoms with Crippen molar-refractivity contribution in [2.75, 3.05) is 31.5 Å². The largest absolute Gasteiger partial charge is 0.335 e. The molecular weight excluding hydrogens is 350 g/mol. The lowest BCUT2D eigenvalue weighted by atomic mass is 9.90. The molecule has 0 unspecified atom stereocenters. The minimum atomic E-state index is -0.105. The Labute approximate surface area is 166 Å². The number of nitrogens with zero attached hydrogens (tertiary/aromatic N) is 2. The summed E-state index contributed by atoms with van der Waals surface area (Å²) >= 11 is 0. The van der Waals surface area contributed by atoms with Crippen LogP contribution in [0, 0.1) is 6.92 Å². The van der Waals surface area contributed by atoms with Gasteiger partial charge in [-0.25, -0.2) is 4.79 Å². The van der Waals surface area contributed by atoms with Gasteiger partial charge in [0.15, 0.2) is 0 Å². The lowest BCUT2D eigenvalue weighted by molar-refractivity contribution is 0.0671. The second kappa shape index (κ2) is 8.05. The van der Waals surface area contributed by atoms with E-state index in [1.165, 1.54) is 24.0 Å². The van der Waals surface area contributed by atoms with Crippen molar-refractivity contribution in [3.05, 3.63) is 64.7 Å². The van der Waals surface area contributed by atoms with Crippen molar-refractivity contribution >= 4 is 17.6 Å². The molecule has 146 valence electrons. The number of carbonyl (C=O) groups is 2. The van der Waals surface area contributed by atoms with Gasteiger partial charge < -0.3 is 15.1 Å². The van der Waals surface area contributed by atoms with E-state index in [1.54, 1.807) is 4.90 Å². The van der Waals surface area contributed by atoms with Crippen LogP contribution in [0.5, 0.6) is 0 Å². The molecule has 28 heavy (non-hydrogen) atoms. The van der Waals surface area contributed by atoms with Gasteiger partial charge in [-0.3, -0.25) is 4.79 Å². The molecule has 0 radical (unpaired) electrons. The third-order valence-electron chi connectivity index (χ3n) is 5.72. The first kappa shape index (κ1) is 18.5. The third-order valence-corrected chi connectivity index (χ3v) is 5.72. The molecule has 0 atom stereocenters. The van der Waals surface area contributed by atoms with Gasteiger partial charge in [-0.05, 0) is 73.6 Å². The average Bonchev–Trinajstić information content (AvgIpc) is 2.73. The first-order valence-electron chi connectivity index (χ1n) is 10.1. The normalized spacial score (nSPS) is 16.5. The highest BCUT2D eigenvalue weighted by atomic mass is 16.2. The second-order valence-electron chi connectivity index (χ2n) is 7.77. The Kier molecular flexibility index (Phi) is 5.33. The van der Waals surface area contributed by atoms with Gasteiger partial charge >= 0.3 is 6.03 Å². The number of amides is 3. The molecule has 0 spiro atoms. The van der Waals surface area contributed by atoms with Gasteiger partial charge in [-0.15, -0.1) is 0 Å². The molecule has 0 bridgehead atoms. The van der Waals surface area contributed by atoms with E-state index < -0.39 is 0 Å². The fraction of sp³-hybridized carbons (Fsp3) is 0.391. The van der Waals surface area contributed by atoms with E-state index in [2.05, 4.69) is 17.4 Å². The monoisotopic (exact) mass is 377 g/mol. The summed E-state index contributed by atoms with van der Waals surface area (Å²) in [6, 6.07) is 13.8. The van der Waals surface area contributed by atoms with Gasteiger partial charge in [-0.2, -0.15) is 0 Å². The summed E-state index contributed by atoms with van der Waals surface area (Å²) in [6.45, 7) is 4.23. The molecule has 1 aliphatic heterocycles. The first-order valence-corrected chi connectivity index (χ1v) is 10.1. The number of anilines is 1. The van der Waals surface area contributed by atoms with Crippen LogP contribution in [0.3, 0.4) is 0 Å². The predicted octanol–water partition coefficient (Wildman–Crippen LogP) is 3.86. The zero-order valence-electron chi connectivity index (χ0n) is 16.4. The minimum absolute atomic E-state index is 0.0760. The number of urea groups is 1. The molecule has 2 aromatic rings. The highest BCUT2D eigenvalue weighted by Crippen LogP contribution is 2.23. The van der Waals surface area contributed by atoms with Crippen LogP contribution >= 0.6 is 0 Å². The smallest absolute Gasteiger partial charge is 0.321 e. The molecule has 1 fully saturated rings. The third kappa shape index (κ3) is 4.03. The van der Waals surface area contributed by atoms with E-state index in [-0.39, 0.29) is 11.9 Å². The van der Waals surface area contributed by atoms with E-state index in [4.69, 9.17) is 0 Å². The van der Waals surface area contributed by atoms with Crippen LogP contribution in [0.4, 0.5) is 10.5 Å². The molecule has 1 N–H and O–H groups in total. The van der Waals surface area contributed by atoms with Gasteiger partial charge in [0.1, 0.15) is 0 Å². The number of benzene rings is 2. The highest BCUT2D eigenvalue weighted by molar-refractivity contribution is 5.95. The average molecular weight is 377 g/mol. The van der Waals surface area contributed by atoms with Gasteiger partial charge in [0.05, 0.1) is 0 Å². The topological polar surface area (TPSA) is 52.7 Å². The van der Waals surface area contributed by atoms with Crippen molar-refractivity contribution in [2.45, 2.75) is 32.6 Å². The zero-order chi connectivity index (χ0) is 19.5. The molecule has 1 saturated heterocycles. The van der Waals surface area contributed by atoms with Crippen molar-refractivity contribution in [2.24, 2.45) is 0 Å². The summed E-state index contributed by atoms with van der Waals surface area (Å²) < 4.78 is 0.